The third-order valence-electron chi connectivity index (χ3n) is 12.0. The first-order valence-corrected chi connectivity index (χ1v) is 23.8. The second-order valence-corrected chi connectivity index (χ2v) is 17.9. The number of rotatable bonds is 19. The molecule has 0 bridgehead atoms. The molecule has 2 fully saturated rings. The topological polar surface area (TPSA) is 267 Å². The van der Waals surface area contributed by atoms with Crippen molar-refractivity contribution in [1.82, 2.24) is 59.4 Å². The fourth-order valence-electron chi connectivity index (χ4n) is 7.97. The zero-order chi connectivity index (χ0) is 52.2. The van der Waals surface area contributed by atoms with Gasteiger partial charge in [-0.3, -0.25) is 19.0 Å². The summed E-state index contributed by atoms with van der Waals surface area (Å²) in [6.45, 7) is 3.10. The third kappa shape index (κ3) is 11.3. The lowest BCUT2D eigenvalue weighted by molar-refractivity contribution is 0.0526. The van der Waals surface area contributed by atoms with Crippen LogP contribution in [0.2, 0.25) is 0 Å². The second kappa shape index (κ2) is 21.2. The molecular formula is C50H56N16O8. The first-order valence-electron chi connectivity index (χ1n) is 23.8. The molecule has 5 N–H and O–H groups in total. The van der Waals surface area contributed by atoms with Gasteiger partial charge in [0.1, 0.15) is 22.6 Å². The van der Waals surface area contributed by atoms with Crippen LogP contribution in [-0.4, -0.2) is 125 Å². The van der Waals surface area contributed by atoms with Gasteiger partial charge in [-0.1, -0.05) is 24.3 Å². The van der Waals surface area contributed by atoms with E-state index in [0.717, 1.165) is 54.0 Å². The van der Waals surface area contributed by atoms with Crippen molar-refractivity contribution in [2.24, 2.45) is 14.1 Å². The number of carboxylic acids is 1. The van der Waals surface area contributed by atoms with E-state index in [0.29, 0.717) is 58.9 Å². The number of imidazole rings is 2. The maximum absolute atomic E-state index is 13.0. The normalized spacial score (nSPS) is 12.9. The van der Waals surface area contributed by atoms with Crippen LogP contribution in [0.3, 0.4) is 0 Å². The van der Waals surface area contributed by atoms with E-state index in [1.165, 1.54) is 37.0 Å². The van der Waals surface area contributed by atoms with E-state index in [2.05, 4.69) is 51.6 Å². The van der Waals surface area contributed by atoms with Crippen LogP contribution in [0.5, 0.6) is 11.5 Å². The molecule has 0 saturated heterocycles. The summed E-state index contributed by atoms with van der Waals surface area (Å²) in [5.41, 5.74) is 5.45. The number of aromatic nitrogens is 10. The van der Waals surface area contributed by atoms with Gasteiger partial charge in [0.2, 0.25) is 0 Å². The lowest BCUT2D eigenvalue weighted by Crippen LogP contribution is -2.27. The van der Waals surface area contributed by atoms with Gasteiger partial charge < -0.3 is 50.4 Å². The van der Waals surface area contributed by atoms with E-state index < -0.39 is 11.9 Å². The smallest absolute Gasteiger partial charge is 0.343 e. The number of fused-ring (bicyclic) bond motifs is 2. The number of methoxy groups -OCH3 is 2. The van der Waals surface area contributed by atoms with Crippen molar-refractivity contribution in [3.8, 4) is 11.5 Å². The van der Waals surface area contributed by atoms with Crippen molar-refractivity contribution >= 4 is 69.7 Å². The molecule has 74 heavy (non-hydrogen) atoms. The first kappa shape index (κ1) is 49.7. The predicted octanol–water partition coefficient (Wildman–Crippen LogP) is 5.36. The average Bonchev–Trinajstić information content (AvgIpc) is 4.19. The van der Waals surface area contributed by atoms with Crippen molar-refractivity contribution in [1.29, 1.82) is 0 Å². The zero-order valence-electron chi connectivity index (χ0n) is 41.9. The fourth-order valence-corrected chi connectivity index (χ4v) is 7.97. The SMILES string of the molecule is CCOC(=O)c1cn(C)nc1Nc1cc(N(C)Cc2ccc(OC)cc2)c2ncc(C(=O)NC3CC3)n2n1.COc1ccc(CN(C)c2cc(Nc3nn(C)cc3C(=O)O)nn3c(C(=O)NC4CC4)cnc23)cc1. The summed E-state index contributed by atoms with van der Waals surface area (Å²) in [6, 6.07) is 19.5. The molecule has 6 heterocycles. The Morgan fingerprint density at radius 3 is 1.46 bits per heavy atom. The number of carboxylic acid groups (broad SMARTS) is 1. The van der Waals surface area contributed by atoms with Gasteiger partial charge in [0.05, 0.1) is 44.6 Å². The number of esters is 1. The van der Waals surface area contributed by atoms with E-state index in [1.807, 2.05) is 78.5 Å². The van der Waals surface area contributed by atoms with Crippen molar-refractivity contribution in [2.75, 3.05) is 55.4 Å². The highest BCUT2D eigenvalue weighted by atomic mass is 16.5. The fraction of sp³-hybridized carbons (Fsp3) is 0.320. The Kier molecular flexibility index (Phi) is 14.3. The van der Waals surface area contributed by atoms with Crippen LogP contribution >= 0.6 is 0 Å². The summed E-state index contributed by atoms with van der Waals surface area (Å²) >= 11 is 0. The van der Waals surface area contributed by atoms with Gasteiger partial charge >= 0.3 is 11.9 Å². The van der Waals surface area contributed by atoms with Crippen molar-refractivity contribution in [3.63, 3.8) is 0 Å². The molecule has 8 aromatic rings. The minimum absolute atomic E-state index is 0.00451. The highest BCUT2D eigenvalue weighted by Gasteiger charge is 2.29. The van der Waals surface area contributed by atoms with E-state index in [4.69, 9.17) is 14.2 Å². The van der Waals surface area contributed by atoms with Gasteiger partial charge in [0, 0.05) is 77.9 Å². The molecule has 0 atom stereocenters. The summed E-state index contributed by atoms with van der Waals surface area (Å²) in [5.74, 6) is 0.584. The van der Waals surface area contributed by atoms with Crippen LogP contribution in [0, 0.1) is 0 Å². The Labute approximate surface area is 424 Å². The number of nitrogens with zero attached hydrogens (tertiary/aromatic N) is 12. The van der Waals surface area contributed by atoms with Crippen LogP contribution in [0.15, 0.2) is 85.5 Å². The quantitative estimate of drug-likeness (QED) is 0.0638. The van der Waals surface area contributed by atoms with Gasteiger partial charge in [-0.05, 0) is 68.0 Å². The van der Waals surface area contributed by atoms with Crippen LogP contribution in [0.4, 0.5) is 34.6 Å². The molecule has 0 spiro atoms. The number of hydrogen-bond acceptors (Lipinski definition) is 17. The number of nitrogens with one attached hydrogen (secondary N) is 4. The molecule has 2 amide bonds. The summed E-state index contributed by atoms with van der Waals surface area (Å²) in [4.78, 5) is 63.0. The number of ether oxygens (including phenoxy) is 3. The number of carbonyl (C=O) groups excluding carboxylic acids is 3. The number of aromatic carboxylic acids is 1. The molecule has 2 aliphatic carbocycles. The molecule has 0 unspecified atom stereocenters. The van der Waals surface area contributed by atoms with Crippen LogP contribution in [0.1, 0.15) is 85.4 Å². The maximum atomic E-state index is 13.0. The first-order chi connectivity index (χ1) is 35.7. The standard InChI is InChI=1S/C26H30N8O4.C24H26N8O4/c1-5-38-26(36)19-15-33(3)31-23(19)29-22-12-20(32(2)14-16-6-10-18(37-4)11-7-16)24-27-13-21(34(24)30-22)25(35)28-17-8-9-17;1-30(12-14-4-8-16(36-3)9-5-14)18-10-20(27-21-17(24(34)35)13-31(2)29-21)28-32-19(11-25-22(18)32)23(33)26-15-6-7-15/h6-7,10-13,15,17H,5,8-9,14H2,1-4H3,(H,28,35)(H,29,30,31);4-5,8-11,13,15H,6-7,12H2,1-3H3,(H,26,33)(H,34,35)(H,27,28,29). The van der Waals surface area contributed by atoms with Gasteiger partial charge in [-0.25, -0.2) is 28.6 Å². The molecular weight excluding hydrogens is 953 g/mol. The Hall–Kier alpha value is -9.22. The minimum Gasteiger partial charge on any atom is -0.497 e. The van der Waals surface area contributed by atoms with Crippen LogP contribution in [0.25, 0.3) is 11.3 Å². The molecule has 2 aliphatic rings. The molecule has 24 nitrogen and oxygen atoms in total. The van der Waals surface area contributed by atoms with E-state index in [-0.39, 0.29) is 47.4 Å². The highest BCUT2D eigenvalue weighted by Crippen LogP contribution is 2.31. The molecule has 6 aromatic heterocycles. The zero-order valence-corrected chi connectivity index (χ0v) is 41.9. The van der Waals surface area contributed by atoms with Crippen LogP contribution < -0.4 is 40.5 Å². The Morgan fingerprint density at radius 2 is 1.07 bits per heavy atom. The minimum atomic E-state index is -1.12. The Bertz CT molecular complexity index is 3350. The van der Waals surface area contributed by atoms with E-state index >= 15 is 0 Å². The number of amides is 2. The number of hydrogen-bond donors (Lipinski definition) is 5. The van der Waals surface area contributed by atoms with Gasteiger partial charge in [0.15, 0.2) is 46.0 Å². The molecule has 0 radical (unpaired) electrons. The van der Waals surface area contributed by atoms with E-state index in [9.17, 15) is 24.3 Å². The molecule has 2 saturated carbocycles. The summed E-state index contributed by atoms with van der Waals surface area (Å²) in [6.07, 6.45) is 9.86. The summed E-state index contributed by atoms with van der Waals surface area (Å²) in [7, 11) is 10.5. The van der Waals surface area contributed by atoms with E-state index in [1.54, 1.807) is 47.5 Å². The molecule has 0 aliphatic heterocycles. The predicted molar refractivity (Wildman–Crippen MR) is 273 cm³/mol. The largest absolute Gasteiger partial charge is 0.497 e. The average molecular weight is 1010 g/mol. The maximum Gasteiger partial charge on any atom is 0.343 e. The Balaban J connectivity index is 0.000000182. The molecule has 24 heteroatoms. The molecule has 2 aromatic carbocycles. The number of aryl methyl sites for hydroxylation is 2. The number of benzene rings is 2. The van der Waals surface area contributed by atoms with Crippen molar-refractivity contribution in [2.45, 2.75) is 57.8 Å². The molecule has 10 rings (SSSR count). The van der Waals surface area contributed by atoms with Crippen LogP contribution in [-0.2, 0) is 31.9 Å². The number of carbonyl (C=O) groups is 4. The van der Waals surface area contributed by atoms with Crippen molar-refractivity contribution < 1.29 is 38.5 Å². The third-order valence-corrected chi connectivity index (χ3v) is 12.0. The van der Waals surface area contributed by atoms with Crippen molar-refractivity contribution in [3.05, 3.63) is 119 Å². The second-order valence-electron chi connectivity index (χ2n) is 17.9. The summed E-state index contributed by atoms with van der Waals surface area (Å²) < 4.78 is 21.6. The highest BCUT2D eigenvalue weighted by molar-refractivity contribution is 5.97. The lowest BCUT2D eigenvalue weighted by Gasteiger charge is -2.21. The Morgan fingerprint density at radius 1 is 0.649 bits per heavy atom. The van der Waals surface area contributed by atoms with Gasteiger partial charge in [-0.15, -0.1) is 10.2 Å². The lowest BCUT2D eigenvalue weighted by atomic mass is 10.2. The molecule has 384 valence electrons. The van der Waals surface area contributed by atoms with Gasteiger partial charge in [-0.2, -0.15) is 10.2 Å². The monoisotopic (exact) mass is 1010 g/mol. The number of anilines is 6. The summed E-state index contributed by atoms with van der Waals surface area (Å²) in [5, 5.41) is 39.4. The van der Waals surface area contributed by atoms with Gasteiger partial charge in [0.25, 0.3) is 11.8 Å².